The zero-order valence-corrected chi connectivity index (χ0v) is 16.2. The number of carbonyl (C=O) groups is 2. The fraction of sp³-hybridized carbons (Fsp3) is 0.435. The Kier molecular flexibility index (Phi) is 5.70. The van der Waals surface area contributed by atoms with Crippen LogP contribution in [0.2, 0.25) is 0 Å². The summed E-state index contributed by atoms with van der Waals surface area (Å²) in [6.07, 6.45) is 9.28. The minimum Gasteiger partial charge on any atom is -0.348 e. The second kappa shape index (κ2) is 8.55. The van der Waals surface area contributed by atoms with E-state index in [0.29, 0.717) is 24.3 Å². The number of amides is 2. The van der Waals surface area contributed by atoms with Crippen molar-refractivity contribution in [2.24, 2.45) is 0 Å². The van der Waals surface area contributed by atoms with Crippen molar-refractivity contribution in [1.82, 2.24) is 15.2 Å². The summed E-state index contributed by atoms with van der Waals surface area (Å²) in [5.74, 6) is -0.217. The molecule has 0 spiro atoms. The third kappa shape index (κ3) is 4.24. The highest BCUT2D eigenvalue weighted by Crippen LogP contribution is 2.21. The molecule has 2 aliphatic rings. The summed E-state index contributed by atoms with van der Waals surface area (Å²) in [4.78, 5) is 31.7. The van der Waals surface area contributed by atoms with Crippen molar-refractivity contribution in [1.29, 1.82) is 0 Å². The summed E-state index contributed by atoms with van der Waals surface area (Å²) < 4.78 is 0. The molecule has 1 aliphatic carbocycles. The van der Waals surface area contributed by atoms with E-state index in [0.717, 1.165) is 32.1 Å². The highest BCUT2D eigenvalue weighted by atomic mass is 16.2. The van der Waals surface area contributed by atoms with Gasteiger partial charge in [0.25, 0.3) is 11.8 Å². The molecule has 0 saturated heterocycles. The summed E-state index contributed by atoms with van der Waals surface area (Å²) in [7, 11) is 0. The number of hydrogen-bond donors (Lipinski definition) is 1. The SMILES string of the molecule is O=C(NC1CCCCCC1)c1cc(C(=O)N2CCc3ccccc3C2)ccn1. The zero-order chi connectivity index (χ0) is 19.3. The standard InChI is InChI=1S/C23H27N3O2/c27-22(25-20-9-3-1-2-4-10-20)21-15-18(11-13-24-21)23(28)26-14-12-17-7-5-6-8-19(17)16-26/h5-8,11,13,15,20H,1-4,9-10,12,14,16H2,(H,25,27). The van der Waals surface area contributed by atoms with Crippen molar-refractivity contribution >= 4 is 11.8 Å². The van der Waals surface area contributed by atoms with Gasteiger partial charge in [-0.25, -0.2) is 0 Å². The van der Waals surface area contributed by atoms with Gasteiger partial charge in [-0.15, -0.1) is 0 Å². The highest BCUT2D eigenvalue weighted by Gasteiger charge is 2.23. The van der Waals surface area contributed by atoms with Gasteiger partial charge in [0.05, 0.1) is 0 Å². The maximum atomic E-state index is 13.0. The maximum absolute atomic E-state index is 13.0. The van der Waals surface area contributed by atoms with Crippen LogP contribution in [0, 0.1) is 0 Å². The van der Waals surface area contributed by atoms with E-state index in [1.165, 1.54) is 24.0 Å². The second-order valence-electron chi connectivity index (χ2n) is 7.84. The molecule has 0 unspecified atom stereocenters. The summed E-state index contributed by atoms with van der Waals surface area (Å²) in [6.45, 7) is 1.31. The molecule has 2 aromatic rings. The number of carbonyl (C=O) groups excluding carboxylic acids is 2. The number of fused-ring (bicyclic) bond motifs is 1. The molecule has 5 heteroatoms. The van der Waals surface area contributed by atoms with Crippen LogP contribution in [0.15, 0.2) is 42.6 Å². The number of pyridine rings is 1. The van der Waals surface area contributed by atoms with Gasteiger partial charge in [0, 0.05) is 30.9 Å². The van der Waals surface area contributed by atoms with E-state index in [-0.39, 0.29) is 17.9 Å². The first-order valence-electron chi connectivity index (χ1n) is 10.3. The Hall–Kier alpha value is -2.69. The average molecular weight is 377 g/mol. The Morgan fingerprint density at radius 3 is 2.54 bits per heavy atom. The van der Waals surface area contributed by atoms with E-state index in [2.05, 4.69) is 22.4 Å². The quantitative estimate of drug-likeness (QED) is 0.829. The van der Waals surface area contributed by atoms with Crippen LogP contribution in [-0.2, 0) is 13.0 Å². The molecule has 0 bridgehead atoms. The lowest BCUT2D eigenvalue weighted by Gasteiger charge is -2.29. The molecule has 0 radical (unpaired) electrons. The number of hydrogen-bond acceptors (Lipinski definition) is 3. The molecule has 2 heterocycles. The summed E-state index contributed by atoms with van der Waals surface area (Å²) in [6, 6.07) is 11.8. The third-order valence-corrected chi connectivity index (χ3v) is 5.85. The number of aromatic nitrogens is 1. The Morgan fingerprint density at radius 1 is 1.00 bits per heavy atom. The van der Waals surface area contributed by atoms with Gasteiger partial charge in [0.2, 0.25) is 0 Å². The largest absolute Gasteiger partial charge is 0.348 e. The van der Waals surface area contributed by atoms with Gasteiger partial charge < -0.3 is 10.2 Å². The number of nitrogens with one attached hydrogen (secondary N) is 1. The van der Waals surface area contributed by atoms with Gasteiger partial charge in [0.1, 0.15) is 5.69 Å². The summed E-state index contributed by atoms with van der Waals surface area (Å²) >= 11 is 0. The van der Waals surface area contributed by atoms with Gasteiger partial charge >= 0.3 is 0 Å². The molecule has 1 N–H and O–H groups in total. The highest BCUT2D eigenvalue weighted by molar-refractivity contribution is 5.98. The third-order valence-electron chi connectivity index (χ3n) is 5.85. The van der Waals surface area contributed by atoms with Gasteiger partial charge in [-0.2, -0.15) is 0 Å². The fourth-order valence-corrected chi connectivity index (χ4v) is 4.22. The van der Waals surface area contributed by atoms with E-state index < -0.39 is 0 Å². The van der Waals surface area contributed by atoms with Crippen molar-refractivity contribution < 1.29 is 9.59 Å². The van der Waals surface area contributed by atoms with E-state index in [9.17, 15) is 9.59 Å². The molecule has 0 atom stereocenters. The smallest absolute Gasteiger partial charge is 0.270 e. The maximum Gasteiger partial charge on any atom is 0.270 e. The molecule has 28 heavy (non-hydrogen) atoms. The molecule has 1 aliphatic heterocycles. The second-order valence-corrected chi connectivity index (χ2v) is 7.84. The Morgan fingerprint density at radius 2 is 1.75 bits per heavy atom. The van der Waals surface area contributed by atoms with Gasteiger partial charge in [-0.05, 0) is 42.5 Å². The van der Waals surface area contributed by atoms with Crippen LogP contribution in [-0.4, -0.2) is 34.3 Å². The molecular weight excluding hydrogens is 350 g/mol. The van der Waals surface area contributed by atoms with Crippen LogP contribution in [0.1, 0.15) is 70.5 Å². The van der Waals surface area contributed by atoms with Crippen LogP contribution < -0.4 is 5.32 Å². The van der Waals surface area contributed by atoms with Crippen molar-refractivity contribution in [3.8, 4) is 0 Å². The van der Waals surface area contributed by atoms with E-state index in [1.54, 1.807) is 18.3 Å². The average Bonchev–Trinajstić information content (AvgIpc) is 3.01. The van der Waals surface area contributed by atoms with Crippen molar-refractivity contribution in [3.05, 3.63) is 65.0 Å². The molecule has 146 valence electrons. The molecule has 2 amide bonds. The molecular formula is C23H27N3O2. The monoisotopic (exact) mass is 377 g/mol. The normalized spacial score (nSPS) is 17.5. The molecule has 4 rings (SSSR count). The first kappa shape index (κ1) is 18.7. The molecule has 1 fully saturated rings. The lowest BCUT2D eigenvalue weighted by molar-refractivity contribution is 0.0734. The van der Waals surface area contributed by atoms with Crippen molar-refractivity contribution in [2.45, 2.75) is 57.5 Å². The predicted molar refractivity (Wildman–Crippen MR) is 108 cm³/mol. The lowest BCUT2D eigenvalue weighted by atomic mass is 9.99. The first-order valence-corrected chi connectivity index (χ1v) is 10.3. The summed E-state index contributed by atoms with van der Waals surface area (Å²) in [5, 5.41) is 3.11. The first-order chi connectivity index (χ1) is 13.7. The number of nitrogens with zero attached hydrogens (tertiary/aromatic N) is 2. The van der Waals surface area contributed by atoms with E-state index >= 15 is 0 Å². The number of benzene rings is 1. The van der Waals surface area contributed by atoms with Crippen molar-refractivity contribution in [2.75, 3.05) is 6.54 Å². The van der Waals surface area contributed by atoms with Gasteiger partial charge in [-0.3, -0.25) is 14.6 Å². The fourth-order valence-electron chi connectivity index (χ4n) is 4.22. The van der Waals surface area contributed by atoms with Crippen LogP contribution in [0.5, 0.6) is 0 Å². The van der Waals surface area contributed by atoms with E-state index in [1.807, 2.05) is 17.0 Å². The predicted octanol–water partition coefficient (Wildman–Crippen LogP) is 3.73. The summed E-state index contributed by atoms with van der Waals surface area (Å²) in [5.41, 5.74) is 3.36. The van der Waals surface area contributed by atoms with Crippen LogP contribution in [0.4, 0.5) is 0 Å². The lowest BCUT2D eigenvalue weighted by Crippen LogP contribution is -2.37. The van der Waals surface area contributed by atoms with Crippen LogP contribution >= 0.6 is 0 Å². The minimum absolute atomic E-state index is 0.0413. The Bertz CT molecular complexity index is 856. The van der Waals surface area contributed by atoms with Gasteiger partial charge in [-0.1, -0.05) is 49.9 Å². The number of rotatable bonds is 3. The van der Waals surface area contributed by atoms with Crippen molar-refractivity contribution in [3.63, 3.8) is 0 Å². The van der Waals surface area contributed by atoms with Crippen LogP contribution in [0.3, 0.4) is 0 Å². The topological polar surface area (TPSA) is 62.3 Å². The van der Waals surface area contributed by atoms with Gasteiger partial charge in [0.15, 0.2) is 0 Å². The van der Waals surface area contributed by atoms with Crippen LogP contribution in [0.25, 0.3) is 0 Å². The Labute approximate surface area is 166 Å². The zero-order valence-electron chi connectivity index (χ0n) is 16.2. The Balaban J connectivity index is 1.44. The molecule has 1 aromatic heterocycles. The molecule has 1 aromatic carbocycles. The molecule has 5 nitrogen and oxygen atoms in total. The molecule has 1 saturated carbocycles. The minimum atomic E-state index is -0.175. The van der Waals surface area contributed by atoms with E-state index in [4.69, 9.17) is 0 Å².